The molecular weight excluding hydrogens is 368 g/mol. The van der Waals surface area contributed by atoms with Crippen molar-refractivity contribution in [1.29, 1.82) is 0 Å². The highest BCUT2D eigenvalue weighted by Gasteiger charge is 2.41. The van der Waals surface area contributed by atoms with Gasteiger partial charge in [-0.2, -0.15) is 4.98 Å². The van der Waals surface area contributed by atoms with Crippen LogP contribution in [-0.4, -0.2) is 47.0 Å². The van der Waals surface area contributed by atoms with Gasteiger partial charge in [0, 0.05) is 53.1 Å². The van der Waals surface area contributed by atoms with Crippen molar-refractivity contribution in [1.82, 2.24) is 34.9 Å². The van der Waals surface area contributed by atoms with Gasteiger partial charge >= 0.3 is 0 Å². The van der Waals surface area contributed by atoms with Gasteiger partial charge in [-0.05, 0) is 31.9 Å². The summed E-state index contributed by atoms with van der Waals surface area (Å²) in [5, 5.41) is 15.4. The van der Waals surface area contributed by atoms with Crippen molar-refractivity contribution in [2.75, 3.05) is 5.32 Å². The zero-order valence-electron chi connectivity index (χ0n) is 16.3. The molecule has 4 aromatic rings. The number of carbonyl (C=O) groups excluding carboxylic acids is 1. The number of rotatable bonds is 5. The SMILES string of the molecule is CCC(=O)N[C@]1(C)C[C@H](Nc2ncc3c(-c4ccc5nncn5c4)c[nH]c3n2)C1. The molecule has 1 amide bonds. The molecule has 9 heteroatoms. The Balaban J connectivity index is 1.33. The minimum absolute atomic E-state index is 0.0900. The second-order valence-electron chi connectivity index (χ2n) is 7.88. The number of pyridine rings is 1. The predicted octanol–water partition coefficient (Wildman–Crippen LogP) is 2.53. The first-order valence-electron chi connectivity index (χ1n) is 9.74. The first kappa shape index (κ1) is 17.6. The maximum Gasteiger partial charge on any atom is 0.224 e. The lowest BCUT2D eigenvalue weighted by Crippen LogP contribution is -2.59. The maximum atomic E-state index is 11.6. The monoisotopic (exact) mass is 390 g/mol. The lowest BCUT2D eigenvalue weighted by atomic mass is 9.74. The summed E-state index contributed by atoms with van der Waals surface area (Å²) in [6.07, 6.45) is 9.67. The zero-order valence-corrected chi connectivity index (χ0v) is 16.3. The minimum Gasteiger partial charge on any atom is -0.351 e. The second-order valence-corrected chi connectivity index (χ2v) is 7.88. The van der Waals surface area contributed by atoms with Gasteiger partial charge in [0.25, 0.3) is 0 Å². The lowest BCUT2D eigenvalue weighted by Gasteiger charge is -2.45. The molecule has 1 fully saturated rings. The molecule has 1 aliphatic carbocycles. The molecule has 0 atom stereocenters. The summed E-state index contributed by atoms with van der Waals surface area (Å²) in [7, 11) is 0. The van der Waals surface area contributed by atoms with Crippen molar-refractivity contribution in [3.05, 3.63) is 37.1 Å². The van der Waals surface area contributed by atoms with E-state index in [0.29, 0.717) is 12.4 Å². The predicted molar refractivity (Wildman–Crippen MR) is 109 cm³/mol. The van der Waals surface area contributed by atoms with E-state index in [-0.39, 0.29) is 17.5 Å². The molecule has 0 spiro atoms. The largest absolute Gasteiger partial charge is 0.351 e. The number of H-pyrrole nitrogens is 1. The number of nitrogens with zero attached hydrogens (tertiary/aromatic N) is 5. The quantitative estimate of drug-likeness (QED) is 0.483. The maximum absolute atomic E-state index is 11.6. The smallest absolute Gasteiger partial charge is 0.224 e. The van der Waals surface area contributed by atoms with Crippen LogP contribution in [0.3, 0.4) is 0 Å². The molecule has 0 unspecified atom stereocenters. The van der Waals surface area contributed by atoms with E-state index >= 15 is 0 Å². The molecule has 3 N–H and O–H groups in total. The van der Waals surface area contributed by atoms with Crippen molar-refractivity contribution >= 4 is 28.5 Å². The van der Waals surface area contributed by atoms with Crippen molar-refractivity contribution in [2.24, 2.45) is 0 Å². The number of aromatic amines is 1. The van der Waals surface area contributed by atoms with Gasteiger partial charge in [0.2, 0.25) is 11.9 Å². The lowest BCUT2D eigenvalue weighted by molar-refractivity contribution is -0.123. The van der Waals surface area contributed by atoms with E-state index in [1.807, 2.05) is 42.0 Å². The Hall–Kier alpha value is -3.49. The van der Waals surface area contributed by atoms with Crippen molar-refractivity contribution in [3.8, 4) is 11.1 Å². The van der Waals surface area contributed by atoms with Crippen LogP contribution in [0.5, 0.6) is 0 Å². The van der Waals surface area contributed by atoms with Crippen LogP contribution in [0.4, 0.5) is 5.95 Å². The van der Waals surface area contributed by atoms with Crippen LogP contribution in [0.2, 0.25) is 0 Å². The van der Waals surface area contributed by atoms with Crippen LogP contribution in [-0.2, 0) is 4.79 Å². The van der Waals surface area contributed by atoms with Gasteiger partial charge in [-0.1, -0.05) is 6.92 Å². The van der Waals surface area contributed by atoms with E-state index in [0.717, 1.165) is 40.6 Å². The zero-order chi connectivity index (χ0) is 20.0. The Kier molecular flexibility index (Phi) is 3.97. The molecule has 9 nitrogen and oxygen atoms in total. The average Bonchev–Trinajstić information content (AvgIpc) is 3.32. The standard InChI is InChI=1S/C20H22N8O/c1-3-17(29)26-20(2)6-13(7-20)24-19-22-9-15-14(8-21-18(15)25-19)12-4-5-16-27-23-11-28(16)10-12/h4-5,8-11,13H,3,6-7H2,1-2H3,(H,26,29)(H2,21,22,24,25)/t13-,20+. The number of anilines is 1. The summed E-state index contributed by atoms with van der Waals surface area (Å²) < 4.78 is 1.88. The van der Waals surface area contributed by atoms with Crippen LogP contribution in [0.25, 0.3) is 27.8 Å². The third-order valence-electron chi connectivity index (χ3n) is 5.52. The van der Waals surface area contributed by atoms with Crippen LogP contribution < -0.4 is 10.6 Å². The van der Waals surface area contributed by atoms with Crippen molar-refractivity contribution in [3.63, 3.8) is 0 Å². The van der Waals surface area contributed by atoms with Gasteiger partial charge in [-0.3, -0.25) is 9.20 Å². The normalized spacial score (nSPS) is 21.2. The minimum atomic E-state index is -0.144. The van der Waals surface area contributed by atoms with Crippen molar-refractivity contribution < 1.29 is 4.79 Å². The van der Waals surface area contributed by atoms with E-state index in [2.05, 4.69) is 42.7 Å². The number of aromatic nitrogens is 6. The topological polar surface area (TPSA) is 113 Å². The van der Waals surface area contributed by atoms with Crippen LogP contribution in [0, 0.1) is 0 Å². The number of amides is 1. The fourth-order valence-electron chi connectivity index (χ4n) is 4.04. The molecular formula is C20H22N8O. The summed E-state index contributed by atoms with van der Waals surface area (Å²) in [5.41, 5.74) is 3.51. The summed E-state index contributed by atoms with van der Waals surface area (Å²) in [4.78, 5) is 24.0. The molecule has 0 aliphatic heterocycles. The fourth-order valence-corrected chi connectivity index (χ4v) is 4.04. The van der Waals surface area contributed by atoms with Gasteiger partial charge in [0.05, 0.1) is 0 Å². The molecule has 1 saturated carbocycles. The Morgan fingerprint density at radius 2 is 2.24 bits per heavy atom. The van der Waals surface area contributed by atoms with Crippen LogP contribution in [0.1, 0.15) is 33.1 Å². The van der Waals surface area contributed by atoms with E-state index in [4.69, 9.17) is 0 Å². The molecule has 0 bridgehead atoms. The van der Waals surface area contributed by atoms with Gasteiger partial charge in [-0.25, -0.2) is 4.98 Å². The number of carbonyl (C=O) groups is 1. The number of hydrogen-bond donors (Lipinski definition) is 3. The first-order valence-corrected chi connectivity index (χ1v) is 9.74. The molecule has 0 saturated heterocycles. The Morgan fingerprint density at radius 3 is 3.07 bits per heavy atom. The Bertz CT molecular complexity index is 1200. The van der Waals surface area contributed by atoms with E-state index in [9.17, 15) is 4.79 Å². The summed E-state index contributed by atoms with van der Waals surface area (Å²) in [5.74, 6) is 0.682. The third kappa shape index (κ3) is 3.18. The fraction of sp³-hybridized carbons (Fsp3) is 0.350. The highest BCUT2D eigenvalue weighted by atomic mass is 16.1. The molecule has 4 aromatic heterocycles. The molecule has 29 heavy (non-hydrogen) atoms. The summed E-state index contributed by atoms with van der Waals surface area (Å²) in [6.45, 7) is 3.94. The second kappa shape index (κ2) is 6.54. The molecule has 0 radical (unpaired) electrons. The van der Waals surface area contributed by atoms with Crippen LogP contribution >= 0.6 is 0 Å². The van der Waals surface area contributed by atoms with Gasteiger partial charge in [0.15, 0.2) is 5.65 Å². The first-order chi connectivity index (χ1) is 14.0. The number of fused-ring (bicyclic) bond motifs is 2. The number of nitrogens with one attached hydrogen (secondary N) is 3. The van der Waals surface area contributed by atoms with E-state index in [1.54, 1.807) is 6.33 Å². The molecule has 5 rings (SSSR count). The third-order valence-corrected chi connectivity index (χ3v) is 5.52. The van der Waals surface area contributed by atoms with Crippen molar-refractivity contribution in [2.45, 2.75) is 44.7 Å². The van der Waals surface area contributed by atoms with Gasteiger partial charge in [0.1, 0.15) is 12.0 Å². The highest BCUT2D eigenvalue weighted by molar-refractivity contribution is 5.93. The summed E-state index contributed by atoms with van der Waals surface area (Å²) >= 11 is 0. The van der Waals surface area contributed by atoms with E-state index in [1.165, 1.54) is 0 Å². The molecule has 148 valence electrons. The van der Waals surface area contributed by atoms with Gasteiger partial charge in [-0.15, -0.1) is 10.2 Å². The molecule has 1 aliphatic rings. The Labute approximate surface area is 167 Å². The average molecular weight is 390 g/mol. The summed E-state index contributed by atoms with van der Waals surface area (Å²) in [6, 6.07) is 4.20. The highest BCUT2D eigenvalue weighted by Crippen LogP contribution is 2.34. The number of hydrogen-bond acceptors (Lipinski definition) is 6. The molecule has 0 aromatic carbocycles. The molecule has 4 heterocycles. The van der Waals surface area contributed by atoms with Crippen LogP contribution in [0.15, 0.2) is 37.1 Å². The Morgan fingerprint density at radius 1 is 1.38 bits per heavy atom. The van der Waals surface area contributed by atoms with Gasteiger partial charge < -0.3 is 15.6 Å². The van der Waals surface area contributed by atoms with E-state index < -0.39 is 0 Å².